The van der Waals surface area contributed by atoms with Gasteiger partial charge in [-0.25, -0.2) is 0 Å². The number of ether oxygens (including phenoxy) is 1. The van der Waals surface area contributed by atoms with Crippen LogP contribution in [0.15, 0.2) is 24.3 Å². The zero-order chi connectivity index (χ0) is 12.0. The highest BCUT2D eigenvalue weighted by Gasteiger charge is 2.07. The van der Waals surface area contributed by atoms with E-state index in [4.69, 9.17) is 9.84 Å². The number of carboxylic acids is 1. The van der Waals surface area contributed by atoms with Crippen LogP contribution in [0.25, 0.3) is 6.08 Å². The van der Waals surface area contributed by atoms with Crippen molar-refractivity contribution in [3.63, 3.8) is 0 Å². The van der Waals surface area contributed by atoms with Crippen molar-refractivity contribution in [3.8, 4) is 5.75 Å². The van der Waals surface area contributed by atoms with Crippen molar-refractivity contribution in [3.05, 3.63) is 35.4 Å². The lowest BCUT2D eigenvalue weighted by Gasteiger charge is -2.07. The molecule has 0 aromatic heterocycles. The van der Waals surface area contributed by atoms with Crippen LogP contribution in [-0.4, -0.2) is 23.9 Å². The molecular formula is C12H14O3S. The Morgan fingerprint density at radius 2 is 2.31 bits per heavy atom. The molecule has 0 aliphatic carbocycles. The van der Waals surface area contributed by atoms with Gasteiger partial charge in [0.05, 0.1) is 13.5 Å². The molecule has 4 heteroatoms. The Hall–Kier alpha value is -1.42. The van der Waals surface area contributed by atoms with E-state index in [1.807, 2.05) is 24.3 Å². The molecule has 0 amide bonds. The minimum atomic E-state index is -0.867. The van der Waals surface area contributed by atoms with Crippen molar-refractivity contribution < 1.29 is 14.6 Å². The summed E-state index contributed by atoms with van der Waals surface area (Å²) >= 11 is 4.07. The Labute approximate surface area is 100 Å². The highest BCUT2D eigenvalue weighted by molar-refractivity contribution is 7.80. The zero-order valence-electron chi connectivity index (χ0n) is 9.01. The Morgan fingerprint density at radius 1 is 1.56 bits per heavy atom. The number of hydrogen-bond acceptors (Lipinski definition) is 3. The van der Waals surface area contributed by atoms with Crippen molar-refractivity contribution in [1.82, 2.24) is 0 Å². The van der Waals surface area contributed by atoms with E-state index in [0.29, 0.717) is 17.1 Å². The Balaban J connectivity index is 3.00. The van der Waals surface area contributed by atoms with Gasteiger partial charge in [0.1, 0.15) is 5.75 Å². The van der Waals surface area contributed by atoms with Crippen LogP contribution in [-0.2, 0) is 11.2 Å². The summed E-state index contributed by atoms with van der Waals surface area (Å²) in [5.41, 5.74) is 1.63. The monoisotopic (exact) mass is 238 g/mol. The normalized spacial score (nSPS) is 10.6. The van der Waals surface area contributed by atoms with Crippen LogP contribution in [0.3, 0.4) is 0 Å². The number of hydrogen-bond donors (Lipinski definition) is 2. The first-order valence-electron chi connectivity index (χ1n) is 4.83. The SMILES string of the molecule is COc1ccc(C=CCS)cc1CC(=O)O. The van der Waals surface area contributed by atoms with Crippen molar-refractivity contribution in [2.45, 2.75) is 6.42 Å². The summed E-state index contributed by atoms with van der Waals surface area (Å²) in [6, 6.07) is 5.47. The molecule has 0 spiro atoms. The van der Waals surface area contributed by atoms with Gasteiger partial charge in [-0.15, -0.1) is 0 Å². The molecule has 0 saturated heterocycles. The maximum absolute atomic E-state index is 10.7. The van der Waals surface area contributed by atoms with E-state index in [1.165, 1.54) is 7.11 Å². The van der Waals surface area contributed by atoms with Gasteiger partial charge in [-0.2, -0.15) is 12.6 Å². The molecule has 16 heavy (non-hydrogen) atoms. The van der Waals surface area contributed by atoms with Crippen molar-refractivity contribution >= 4 is 24.7 Å². The highest BCUT2D eigenvalue weighted by Crippen LogP contribution is 2.21. The first-order valence-corrected chi connectivity index (χ1v) is 5.46. The summed E-state index contributed by atoms with van der Waals surface area (Å²) < 4.78 is 5.10. The lowest BCUT2D eigenvalue weighted by molar-refractivity contribution is -0.136. The number of carbonyl (C=O) groups is 1. The third-order valence-electron chi connectivity index (χ3n) is 2.06. The van der Waals surface area contributed by atoms with Gasteiger partial charge in [0.15, 0.2) is 0 Å². The van der Waals surface area contributed by atoms with Gasteiger partial charge < -0.3 is 9.84 Å². The number of benzene rings is 1. The maximum atomic E-state index is 10.7. The minimum absolute atomic E-state index is 0.0360. The first kappa shape index (κ1) is 12.6. The van der Waals surface area contributed by atoms with Crippen LogP contribution >= 0.6 is 12.6 Å². The molecule has 1 rings (SSSR count). The number of thiol groups is 1. The lowest BCUT2D eigenvalue weighted by Crippen LogP contribution is -2.02. The Bertz CT molecular complexity index is 399. The summed E-state index contributed by atoms with van der Waals surface area (Å²) in [5.74, 6) is 0.388. The average molecular weight is 238 g/mol. The number of carboxylic acid groups (broad SMARTS) is 1. The molecule has 0 heterocycles. The van der Waals surface area contributed by atoms with Crippen LogP contribution in [0.5, 0.6) is 5.75 Å². The lowest BCUT2D eigenvalue weighted by atomic mass is 10.1. The summed E-state index contributed by atoms with van der Waals surface area (Å²) in [6.45, 7) is 0. The molecule has 0 bridgehead atoms. The number of aliphatic carboxylic acids is 1. The van der Waals surface area contributed by atoms with Gasteiger partial charge in [-0.3, -0.25) is 4.79 Å². The van der Waals surface area contributed by atoms with Crippen LogP contribution in [0, 0.1) is 0 Å². The van der Waals surface area contributed by atoms with Gasteiger partial charge >= 0.3 is 5.97 Å². The molecule has 0 atom stereocenters. The van der Waals surface area contributed by atoms with E-state index in [-0.39, 0.29) is 6.42 Å². The quantitative estimate of drug-likeness (QED) is 0.773. The number of rotatable bonds is 5. The zero-order valence-corrected chi connectivity index (χ0v) is 9.91. The molecular weight excluding hydrogens is 224 g/mol. The Morgan fingerprint density at radius 3 is 2.88 bits per heavy atom. The fourth-order valence-electron chi connectivity index (χ4n) is 1.39. The van der Waals surface area contributed by atoms with Crippen molar-refractivity contribution in [1.29, 1.82) is 0 Å². The molecule has 0 aliphatic heterocycles. The summed E-state index contributed by atoms with van der Waals surface area (Å²) in [4.78, 5) is 10.7. The van der Waals surface area contributed by atoms with E-state index in [1.54, 1.807) is 6.07 Å². The second kappa shape index (κ2) is 6.23. The molecule has 1 N–H and O–H groups in total. The van der Waals surface area contributed by atoms with E-state index in [9.17, 15) is 4.79 Å². The van der Waals surface area contributed by atoms with Gasteiger partial charge in [-0.1, -0.05) is 18.2 Å². The topological polar surface area (TPSA) is 46.5 Å². The molecule has 3 nitrogen and oxygen atoms in total. The predicted octanol–water partition coefficient (Wildman–Crippen LogP) is 2.27. The first-order chi connectivity index (χ1) is 7.67. The molecule has 1 aromatic rings. The summed E-state index contributed by atoms with van der Waals surface area (Å²) in [7, 11) is 1.53. The summed E-state index contributed by atoms with van der Waals surface area (Å²) in [6.07, 6.45) is 3.76. The van der Waals surface area contributed by atoms with Gasteiger partial charge in [0.2, 0.25) is 0 Å². The fourth-order valence-corrected chi connectivity index (χ4v) is 1.50. The summed E-state index contributed by atoms with van der Waals surface area (Å²) in [5, 5.41) is 8.77. The van der Waals surface area contributed by atoms with Gasteiger partial charge in [-0.05, 0) is 17.7 Å². The van der Waals surface area contributed by atoms with Gasteiger partial charge in [0, 0.05) is 11.3 Å². The molecule has 0 saturated carbocycles. The molecule has 0 fully saturated rings. The minimum Gasteiger partial charge on any atom is -0.496 e. The smallest absolute Gasteiger partial charge is 0.307 e. The van der Waals surface area contributed by atoms with Gasteiger partial charge in [0.25, 0.3) is 0 Å². The van der Waals surface area contributed by atoms with Crippen LogP contribution in [0.2, 0.25) is 0 Å². The Kier molecular flexibility index (Phi) is 4.92. The predicted molar refractivity (Wildman–Crippen MR) is 67.2 cm³/mol. The molecule has 0 aliphatic rings. The van der Waals surface area contributed by atoms with Crippen molar-refractivity contribution in [2.75, 3.05) is 12.9 Å². The van der Waals surface area contributed by atoms with Crippen LogP contribution in [0.4, 0.5) is 0 Å². The molecule has 86 valence electrons. The van der Waals surface area contributed by atoms with Crippen LogP contribution < -0.4 is 4.74 Å². The largest absolute Gasteiger partial charge is 0.496 e. The molecule has 1 aromatic carbocycles. The number of methoxy groups -OCH3 is 1. The van der Waals surface area contributed by atoms with Crippen LogP contribution in [0.1, 0.15) is 11.1 Å². The maximum Gasteiger partial charge on any atom is 0.307 e. The van der Waals surface area contributed by atoms with E-state index in [0.717, 1.165) is 5.56 Å². The standard InChI is InChI=1S/C12H14O3S/c1-15-11-5-4-9(3-2-6-16)7-10(11)8-12(13)14/h2-5,7,16H,6,8H2,1H3,(H,13,14). The van der Waals surface area contributed by atoms with Crippen molar-refractivity contribution in [2.24, 2.45) is 0 Å². The fraction of sp³-hybridized carbons (Fsp3) is 0.250. The van der Waals surface area contributed by atoms with E-state index < -0.39 is 5.97 Å². The van der Waals surface area contributed by atoms with E-state index >= 15 is 0 Å². The molecule has 0 unspecified atom stereocenters. The van der Waals surface area contributed by atoms with E-state index in [2.05, 4.69) is 12.6 Å². The average Bonchev–Trinajstić information content (AvgIpc) is 2.26. The second-order valence-corrected chi connectivity index (χ2v) is 3.59. The highest BCUT2D eigenvalue weighted by atomic mass is 32.1. The second-order valence-electron chi connectivity index (χ2n) is 3.23. The molecule has 0 radical (unpaired) electrons. The third kappa shape index (κ3) is 3.62. The third-order valence-corrected chi connectivity index (χ3v) is 2.27.